The van der Waals surface area contributed by atoms with Crippen molar-refractivity contribution in [1.29, 1.82) is 0 Å². The zero-order valence-corrected chi connectivity index (χ0v) is 26.1. The van der Waals surface area contributed by atoms with Crippen LogP contribution in [0.3, 0.4) is 0 Å². The first-order valence-electron chi connectivity index (χ1n) is 12.4. The highest BCUT2D eigenvalue weighted by atomic mass is 32.1. The van der Waals surface area contributed by atoms with Crippen molar-refractivity contribution in [3.63, 3.8) is 0 Å². The monoisotopic (exact) mass is 529 g/mol. The molecule has 0 saturated carbocycles. The molecule has 200 valence electrons. The Morgan fingerprint density at radius 3 is 1.53 bits per heavy atom. The summed E-state index contributed by atoms with van der Waals surface area (Å²) in [6.07, 6.45) is 7.06. The first-order chi connectivity index (χ1) is 16.4. The summed E-state index contributed by atoms with van der Waals surface area (Å²) in [6, 6.07) is 10.2. The quantitative estimate of drug-likeness (QED) is 0.227. The van der Waals surface area contributed by atoms with E-state index in [1.165, 1.54) is 15.4 Å². The molecule has 4 aromatic heterocycles. The fourth-order valence-electron chi connectivity index (χ4n) is 2.70. The van der Waals surface area contributed by atoms with E-state index in [1.54, 1.807) is 30.1 Å². The largest absolute Gasteiger partial charge is 0.472 e. The maximum absolute atomic E-state index is 5.20. The molecule has 0 N–H and O–H groups in total. The van der Waals surface area contributed by atoms with Gasteiger partial charge in [-0.05, 0) is 46.0 Å². The Morgan fingerprint density at radius 2 is 1.31 bits per heavy atom. The van der Waals surface area contributed by atoms with Crippen molar-refractivity contribution in [2.45, 2.75) is 105 Å². The number of furan rings is 2. The van der Waals surface area contributed by atoms with Crippen LogP contribution in [0.15, 0.2) is 74.9 Å². The van der Waals surface area contributed by atoms with E-state index in [1.807, 2.05) is 41.1 Å². The minimum Gasteiger partial charge on any atom is -0.472 e. The van der Waals surface area contributed by atoms with Gasteiger partial charge in [0.1, 0.15) is 5.76 Å². The third-order valence-corrected chi connectivity index (χ3v) is 7.48. The van der Waals surface area contributed by atoms with Gasteiger partial charge in [-0.2, -0.15) is 0 Å². The average molecular weight is 530 g/mol. The molecule has 0 spiro atoms. The van der Waals surface area contributed by atoms with Crippen LogP contribution < -0.4 is 0 Å². The average Bonchev–Trinajstić information content (AvgIpc) is 3.57. The molecule has 0 amide bonds. The topological polar surface area (TPSA) is 39.2 Å². The van der Waals surface area contributed by atoms with Crippen molar-refractivity contribution in [2.24, 2.45) is 0 Å². The molecule has 0 aliphatic carbocycles. The van der Waals surface area contributed by atoms with E-state index < -0.39 is 0 Å². The second kappa shape index (κ2) is 13.4. The highest BCUT2D eigenvalue weighted by Gasteiger charge is 2.16. The van der Waals surface area contributed by atoms with E-state index in [4.69, 9.17) is 8.83 Å². The van der Waals surface area contributed by atoms with E-state index in [2.05, 4.69) is 106 Å². The standard InChI is InChI=1S/2C8H12O.C8H12S.C7H11NS/c1-8(2,3)7-4-5-9-6-7;2*1-8(2,3)7-5-4-6-9-7;1-7(2,3)6-8-4-5-9-6/h3*4-6H,1-3H3;4-5H,1-3H3. The normalized spacial score (nSPS) is 11.9. The Kier molecular flexibility index (Phi) is 11.9. The van der Waals surface area contributed by atoms with E-state index in [0.717, 1.165) is 5.76 Å². The predicted molar refractivity (Wildman–Crippen MR) is 159 cm³/mol. The van der Waals surface area contributed by atoms with Gasteiger partial charge in [-0.25, -0.2) is 4.98 Å². The zero-order chi connectivity index (χ0) is 27.6. The number of nitrogens with zero attached hydrogens (tertiary/aromatic N) is 1. The van der Waals surface area contributed by atoms with Crippen LogP contribution in [0.1, 0.15) is 104 Å². The van der Waals surface area contributed by atoms with Crippen molar-refractivity contribution in [3.05, 3.63) is 87.3 Å². The van der Waals surface area contributed by atoms with Gasteiger partial charge in [-0.15, -0.1) is 22.7 Å². The highest BCUT2D eigenvalue weighted by molar-refractivity contribution is 7.10. The number of thiophene rings is 1. The third kappa shape index (κ3) is 12.2. The number of rotatable bonds is 0. The molecule has 4 aromatic rings. The van der Waals surface area contributed by atoms with E-state index >= 15 is 0 Å². The first-order valence-corrected chi connectivity index (χ1v) is 14.2. The van der Waals surface area contributed by atoms with Crippen molar-refractivity contribution in [2.75, 3.05) is 0 Å². The summed E-state index contributed by atoms with van der Waals surface area (Å²) in [5.74, 6) is 1.04. The van der Waals surface area contributed by atoms with Gasteiger partial charge < -0.3 is 8.83 Å². The summed E-state index contributed by atoms with van der Waals surface area (Å²) >= 11 is 3.55. The molecule has 0 unspecified atom stereocenters. The summed E-state index contributed by atoms with van der Waals surface area (Å²) in [5.41, 5.74) is 2.21. The Bertz CT molecular complexity index is 855. The Hall–Kier alpha value is -2.11. The first kappa shape index (κ1) is 31.9. The Morgan fingerprint density at radius 1 is 0.639 bits per heavy atom. The van der Waals surface area contributed by atoms with Gasteiger partial charge in [0.05, 0.1) is 23.8 Å². The lowest BCUT2D eigenvalue weighted by Gasteiger charge is -2.14. The van der Waals surface area contributed by atoms with Crippen LogP contribution in [0.4, 0.5) is 0 Å². The van der Waals surface area contributed by atoms with Crippen LogP contribution in [0.5, 0.6) is 0 Å². The minimum absolute atomic E-state index is 0.156. The molecule has 0 aliphatic heterocycles. The van der Waals surface area contributed by atoms with Gasteiger partial charge in [0.15, 0.2) is 0 Å². The van der Waals surface area contributed by atoms with Crippen LogP contribution >= 0.6 is 22.7 Å². The van der Waals surface area contributed by atoms with Crippen LogP contribution in [-0.4, -0.2) is 4.98 Å². The zero-order valence-electron chi connectivity index (χ0n) is 24.4. The lowest BCUT2D eigenvalue weighted by molar-refractivity contribution is 0.409. The molecule has 0 aromatic carbocycles. The van der Waals surface area contributed by atoms with Crippen LogP contribution in [0.25, 0.3) is 0 Å². The predicted octanol–water partition coefficient (Wildman–Crippen LogP) is 10.6. The van der Waals surface area contributed by atoms with Gasteiger partial charge >= 0.3 is 0 Å². The number of hydrogen-bond acceptors (Lipinski definition) is 5. The van der Waals surface area contributed by atoms with Gasteiger partial charge in [0, 0.05) is 27.3 Å². The van der Waals surface area contributed by atoms with E-state index in [-0.39, 0.29) is 16.2 Å². The maximum atomic E-state index is 5.20. The van der Waals surface area contributed by atoms with Crippen LogP contribution in [-0.2, 0) is 21.7 Å². The SMILES string of the molecule is CC(C)(C)c1ccco1.CC(C)(C)c1cccs1.CC(C)(C)c1ccoc1.CC(C)(C)c1nccs1. The van der Waals surface area contributed by atoms with Gasteiger partial charge in [-0.1, -0.05) is 89.2 Å². The number of hydrogen-bond donors (Lipinski definition) is 0. The van der Waals surface area contributed by atoms with Crippen molar-refractivity contribution in [3.8, 4) is 0 Å². The number of aromatic nitrogens is 1. The fraction of sp³-hybridized carbons (Fsp3) is 0.516. The molecule has 0 saturated heterocycles. The molecule has 0 radical (unpaired) electrons. The summed E-state index contributed by atoms with van der Waals surface area (Å²) < 4.78 is 10.1. The molecular formula is C31H47NO2S2. The summed E-state index contributed by atoms with van der Waals surface area (Å²) in [5, 5.41) is 5.35. The van der Waals surface area contributed by atoms with E-state index in [0.29, 0.717) is 5.41 Å². The summed E-state index contributed by atoms with van der Waals surface area (Å²) in [6.45, 7) is 26.1. The van der Waals surface area contributed by atoms with Crippen molar-refractivity contribution < 1.29 is 8.83 Å². The molecule has 0 atom stereocenters. The molecule has 36 heavy (non-hydrogen) atoms. The molecule has 4 rings (SSSR count). The third-order valence-electron chi connectivity index (χ3n) is 4.98. The van der Waals surface area contributed by atoms with Gasteiger partial charge in [-0.3, -0.25) is 0 Å². The highest BCUT2D eigenvalue weighted by Crippen LogP contribution is 2.26. The lowest BCUT2D eigenvalue weighted by Crippen LogP contribution is -2.09. The molecule has 5 heteroatoms. The fourth-order valence-corrected chi connectivity index (χ4v) is 4.24. The molecule has 0 fully saturated rings. The maximum Gasteiger partial charge on any atom is 0.109 e. The van der Waals surface area contributed by atoms with Gasteiger partial charge in [0.2, 0.25) is 0 Å². The Balaban J connectivity index is 0.000000240. The molecule has 0 bridgehead atoms. The van der Waals surface area contributed by atoms with Crippen LogP contribution in [0, 0.1) is 0 Å². The van der Waals surface area contributed by atoms with Crippen molar-refractivity contribution >= 4 is 22.7 Å². The second-order valence-electron chi connectivity index (χ2n) is 12.8. The molecular weight excluding hydrogens is 482 g/mol. The molecule has 3 nitrogen and oxygen atoms in total. The molecule has 4 heterocycles. The number of thiazole rings is 1. The summed E-state index contributed by atoms with van der Waals surface area (Å²) in [4.78, 5) is 5.67. The minimum atomic E-state index is 0.156. The Labute approximate surface area is 228 Å². The lowest BCUT2D eigenvalue weighted by atomic mass is 9.89. The van der Waals surface area contributed by atoms with E-state index in [9.17, 15) is 0 Å². The summed E-state index contributed by atoms with van der Waals surface area (Å²) in [7, 11) is 0. The smallest absolute Gasteiger partial charge is 0.109 e. The van der Waals surface area contributed by atoms with Gasteiger partial charge in [0.25, 0.3) is 0 Å². The van der Waals surface area contributed by atoms with Crippen LogP contribution in [0.2, 0.25) is 0 Å². The molecule has 0 aliphatic rings. The van der Waals surface area contributed by atoms with Crippen molar-refractivity contribution in [1.82, 2.24) is 4.98 Å². The second-order valence-corrected chi connectivity index (χ2v) is 14.6.